The summed E-state index contributed by atoms with van der Waals surface area (Å²) < 4.78 is 74.7. The molecule has 0 atom stereocenters. The largest absolute Gasteiger partial charge is 0.508 e. The lowest BCUT2D eigenvalue weighted by atomic mass is 10.1. The number of amides is 1. The molecule has 1 aromatic heterocycles. The Bertz CT molecular complexity index is 1330. The van der Waals surface area contributed by atoms with Crippen LogP contribution in [0.1, 0.15) is 26.3 Å². The van der Waals surface area contributed by atoms with Crippen LogP contribution in [0.5, 0.6) is 5.75 Å². The van der Waals surface area contributed by atoms with E-state index in [2.05, 4.69) is 0 Å². The second kappa shape index (κ2) is 9.05. The number of phenolic OH excluding ortho intramolecular Hbond substituents is 1. The van der Waals surface area contributed by atoms with Gasteiger partial charge in [-0.2, -0.15) is 0 Å². The molecule has 0 spiro atoms. The van der Waals surface area contributed by atoms with Crippen molar-refractivity contribution >= 4 is 16.1 Å². The second-order valence-electron chi connectivity index (χ2n) is 8.64. The number of hydrogen-bond acceptors (Lipinski definition) is 5. The number of halogens is 3. The maximum atomic E-state index is 14.6. The number of phenols is 1. The molecule has 182 valence electrons. The first-order valence-electron chi connectivity index (χ1n) is 10.0. The molecule has 11 heteroatoms. The van der Waals surface area contributed by atoms with Gasteiger partial charge in [0.15, 0.2) is 0 Å². The van der Waals surface area contributed by atoms with E-state index in [1.807, 2.05) is 0 Å². The van der Waals surface area contributed by atoms with Crippen molar-refractivity contribution in [2.45, 2.75) is 37.8 Å². The van der Waals surface area contributed by atoms with Crippen LogP contribution in [-0.2, 0) is 21.3 Å². The molecule has 1 heterocycles. The van der Waals surface area contributed by atoms with Gasteiger partial charge in [0.1, 0.15) is 28.8 Å². The minimum Gasteiger partial charge on any atom is -0.508 e. The van der Waals surface area contributed by atoms with Crippen LogP contribution in [0.4, 0.5) is 18.0 Å². The first-order valence-corrected chi connectivity index (χ1v) is 11.5. The van der Waals surface area contributed by atoms with Crippen molar-refractivity contribution in [3.8, 4) is 17.0 Å². The molecule has 1 amide bonds. The Morgan fingerprint density at radius 1 is 1.06 bits per heavy atom. The molecule has 0 fully saturated rings. The Hall–Kier alpha value is -3.47. The average Bonchev–Trinajstić information content (AvgIpc) is 3.10. The van der Waals surface area contributed by atoms with E-state index in [-0.39, 0.29) is 29.1 Å². The lowest BCUT2D eigenvalue weighted by molar-refractivity contribution is 0.0285. The zero-order valence-corrected chi connectivity index (χ0v) is 19.7. The number of aromatic hydroxyl groups is 1. The van der Waals surface area contributed by atoms with Crippen LogP contribution in [0.2, 0.25) is 0 Å². The third kappa shape index (κ3) is 5.53. The molecular weight excluding hydrogens is 473 g/mol. The van der Waals surface area contributed by atoms with Crippen molar-refractivity contribution in [3.05, 3.63) is 71.7 Å². The van der Waals surface area contributed by atoms with Crippen LogP contribution in [0, 0.1) is 17.5 Å². The third-order valence-corrected chi connectivity index (χ3v) is 6.24. The predicted octanol–water partition coefficient (Wildman–Crippen LogP) is 4.88. The van der Waals surface area contributed by atoms with Crippen LogP contribution in [0.15, 0.2) is 53.6 Å². The van der Waals surface area contributed by atoms with Crippen molar-refractivity contribution in [1.82, 2.24) is 8.87 Å². The highest BCUT2D eigenvalue weighted by Crippen LogP contribution is 2.31. The number of carbonyl (C=O) groups is 1. The lowest BCUT2D eigenvalue weighted by Gasteiger charge is -2.24. The summed E-state index contributed by atoms with van der Waals surface area (Å²) in [7, 11) is -3.15. The van der Waals surface area contributed by atoms with Gasteiger partial charge in [-0.1, -0.05) is 0 Å². The van der Waals surface area contributed by atoms with Crippen LogP contribution in [-0.4, -0.2) is 41.1 Å². The third-order valence-electron chi connectivity index (χ3n) is 4.59. The topological polar surface area (TPSA) is 88.8 Å². The zero-order valence-electron chi connectivity index (χ0n) is 18.8. The molecule has 1 N–H and O–H groups in total. The minimum atomic E-state index is -4.58. The number of ether oxygens (including phenoxy) is 1. The van der Waals surface area contributed by atoms with E-state index in [4.69, 9.17) is 4.74 Å². The molecule has 0 saturated carbocycles. The summed E-state index contributed by atoms with van der Waals surface area (Å²) in [5, 5.41) is 9.52. The summed E-state index contributed by atoms with van der Waals surface area (Å²) in [5.74, 6) is -3.51. The van der Waals surface area contributed by atoms with E-state index in [1.54, 1.807) is 20.8 Å². The fourth-order valence-electron chi connectivity index (χ4n) is 3.16. The Labute approximate surface area is 195 Å². The van der Waals surface area contributed by atoms with E-state index in [1.165, 1.54) is 24.1 Å². The quantitative estimate of drug-likeness (QED) is 0.544. The highest BCUT2D eigenvalue weighted by atomic mass is 32.2. The summed E-state index contributed by atoms with van der Waals surface area (Å²) >= 11 is 0. The summed E-state index contributed by atoms with van der Waals surface area (Å²) in [4.78, 5) is 12.8. The first kappa shape index (κ1) is 25.2. The van der Waals surface area contributed by atoms with Gasteiger partial charge in [0.25, 0.3) is 10.0 Å². The standard InChI is InChI=1S/C23H23F3N2O5S/c1-23(2,3)33-22(30)27(4)12-14-7-21(19-6-5-17(29)11-20(19)26)28(13-14)34(31,32)18-9-15(24)8-16(25)10-18/h5-11,13,29H,12H2,1-4H3. The summed E-state index contributed by atoms with van der Waals surface area (Å²) in [6.45, 7) is 4.95. The molecule has 0 radical (unpaired) electrons. The average molecular weight is 497 g/mol. The minimum absolute atomic E-state index is 0.109. The highest BCUT2D eigenvalue weighted by Gasteiger charge is 2.26. The molecule has 0 bridgehead atoms. The summed E-state index contributed by atoms with van der Waals surface area (Å²) in [6.07, 6.45) is 0.452. The van der Waals surface area contributed by atoms with E-state index in [9.17, 15) is 31.5 Å². The van der Waals surface area contributed by atoms with Gasteiger partial charge in [0.2, 0.25) is 0 Å². The Morgan fingerprint density at radius 3 is 2.24 bits per heavy atom. The number of nitrogens with zero attached hydrogens (tertiary/aromatic N) is 2. The van der Waals surface area contributed by atoms with Crippen molar-refractivity contribution < 1.29 is 36.2 Å². The summed E-state index contributed by atoms with van der Waals surface area (Å²) in [6, 6.07) is 6.26. The van der Waals surface area contributed by atoms with Crippen LogP contribution in [0.25, 0.3) is 11.3 Å². The number of rotatable bonds is 5. The molecule has 34 heavy (non-hydrogen) atoms. The van der Waals surface area contributed by atoms with Crippen molar-refractivity contribution in [2.24, 2.45) is 0 Å². The van der Waals surface area contributed by atoms with Gasteiger partial charge in [-0.05, 0) is 56.7 Å². The molecule has 0 aliphatic carbocycles. The maximum Gasteiger partial charge on any atom is 0.410 e. The Balaban J connectivity index is 2.12. The van der Waals surface area contributed by atoms with Gasteiger partial charge in [-0.3, -0.25) is 0 Å². The van der Waals surface area contributed by atoms with Crippen LogP contribution < -0.4 is 0 Å². The van der Waals surface area contributed by atoms with Gasteiger partial charge in [0, 0.05) is 30.9 Å². The molecular formula is C23H23F3N2O5S. The van der Waals surface area contributed by atoms with Gasteiger partial charge in [-0.15, -0.1) is 0 Å². The first-order chi connectivity index (χ1) is 15.7. The molecule has 3 aromatic rings. The molecule has 7 nitrogen and oxygen atoms in total. The number of aromatic nitrogens is 1. The fraction of sp³-hybridized carbons (Fsp3) is 0.261. The van der Waals surface area contributed by atoms with E-state index < -0.39 is 44.1 Å². The fourth-order valence-corrected chi connectivity index (χ4v) is 4.59. The van der Waals surface area contributed by atoms with E-state index >= 15 is 0 Å². The van der Waals surface area contributed by atoms with E-state index in [0.717, 1.165) is 18.3 Å². The van der Waals surface area contributed by atoms with E-state index in [0.29, 0.717) is 22.2 Å². The van der Waals surface area contributed by atoms with Crippen molar-refractivity contribution in [2.75, 3.05) is 7.05 Å². The van der Waals surface area contributed by atoms with Gasteiger partial charge in [-0.25, -0.2) is 30.4 Å². The van der Waals surface area contributed by atoms with Gasteiger partial charge >= 0.3 is 6.09 Å². The SMILES string of the molecule is CN(Cc1cc(-c2ccc(O)cc2F)n(S(=O)(=O)c2cc(F)cc(F)c2)c1)C(=O)OC(C)(C)C. The molecule has 0 unspecified atom stereocenters. The normalized spacial score (nSPS) is 12.0. The Morgan fingerprint density at radius 2 is 1.68 bits per heavy atom. The number of carbonyl (C=O) groups excluding carboxylic acids is 1. The van der Waals surface area contributed by atoms with Gasteiger partial charge in [0.05, 0.1) is 17.1 Å². The maximum absolute atomic E-state index is 14.6. The smallest absolute Gasteiger partial charge is 0.410 e. The predicted molar refractivity (Wildman–Crippen MR) is 118 cm³/mol. The van der Waals surface area contributed by atoms with Gasteiger partial charge < -0.3 is 14.7 Å². The number of hydrogen-bond donors (Lipinski definition) is 1. The van der Waals surface area contributed by atoms with Crippen LogP contribution >= 0.6 is 0 Å². The molecule has 0 aliphatic rings. The van der Waals surface area contributed by atoms with Crippen LogP contribution in [0.3, 0.4) is 0 Å². The monoisotopic (exact) mass is 496 g/mol. The highest BCUT2D eigenvalue weighted by molar-refractivity contribution is 7.90. The molecule has 2 aromatic carbocycles. The summed E-state index contributed by atoms with van der Waals surface area (Å²) in [5.41, 5.74) is -0.849. The lowest BCUT2D eigenvalue weighted by Crippen LogP contribution is -2.33. The molecule has 0 saturated heterocycles. The van der Waals surface area contributed by atoms with Crippen molar-refractivity contribution in [1.29, 1.82) is 0 Å². The number of benzene rings is 2. The molecule has 3 rings (SSSR count). The Kier molecular flexibility index (Phi) is 6.70. The zero-order chi connectivity index (χ0) is 25.4. The molecule has 0 aliphatic heterocycles. The van der Waals surface area contributed by atoms with Crippen molar-refractivity contribution in [3.63, 3.8) is 0 Å². The second-order valence-corrected chi connectivity index (χ2v) is 10.5.